The van der Waals surface area contributed by atoms with E-state index in [1.54, 1.807) is 24.3 Å². The molecule has 0 aliphatic carbocycles. The predicted octanol–water partition coefficient (Wildman–Crippen LogP) is 3.13. The molecule has 2 rings (SSSR count). The van der Waals surface area contributed by atoms with Crippen molar-refractivity contribution in [3.05, 3.63) is 50.1 Å². The summed E-state index contributed by atoms with van der Waals surface area (Å²) in [6.45, 7) is 6.32. The zero-order chi connectivity index (χ0) is 20.0. The van der Waals surface area contributed by atoms with Gasteiger partial charge in [-0.15, -0.1) is 0 Å². The quantitative estimate of drug-likeness (QED) is 0.536. The number of hydrogen-bond acceptors (Lipinski definition) is 7. The fraction of sp³-hybridized carbons (Fsp3) is 0.333. The number of aromatic amines is 1. The lowest BCUT2D eigenvalue weighted by Crippen LogP contribution is -2.14. The summed E-state index contributed by atoms with van der Waals surface area (Å²) in [6.07, 6.45) is 3.95. The maximum absolute atomic E-state index is 11.7. The SMILES string of the molecule is CCOc1cc(/C=C\c2nc(O)c([N+](=O)[O-])c(=O)[nH]2)ccc1OC(C)CC. The van der Waals surface area contributed by atoms with Gasteiger partial charge in [0.05, 0.1) is 17.6 Å². The Bertz CT molecular complexity index is 906. The van der Waals surface area contributed by atoms with Gasteiger partial charge in [0.25, 0.3) is 5.88 Å². The maximum atomic E-state index is 11.7. The summed E-state index contributed by atoms with van der Waals surface area (Å²) in [5.74, 6) is 0.257. The van der Waals surface area contributed by atoms with Crippen LogP contribution in [0, 0.1) is 10.1 Å². The maximum Gasteiger partial charge on any atom is 0.395 e. The van der Waals surface area contributed by atoms with Crippen molar-refractivity contribution in [1.82, 2.24) is 9.97 Å². The number of hydrogen-bond donors (Lipinski definition) is 2. The van der Waals surface area contributed by atoms with Crippen molar-refractivity contribution < 1.29 is 19.5 Å². The van der Waals surface area contributed by atoms with Gasteiger partial charge in [0, 0.05) is 0 Å². The molecule has 9 heteroatoms. The van der Waals surface area contributed by atoms with E-state index in [1.165, 1.54) is 6.08 Å². The zero-order valence-electron chi connectivity index (χ0n) is 15.3. The van der Waals surface area contributed by atoms with Crippen molar-refractivity contribution in [2.24, 2.45) is 0 Å². The molecule has 1 unspecified atom stereocenters. The van der Waals surface area contributed by atoms with E-state index in [9.17, 15) is 20.0 Å². The Labute approximate surface area is 155 Å². The Morgan fingerprint density at radius 3 is 2.67 bits per heavy atom. The van der Waals surface area contributed by atoms with Crippen molar-refractivity contribution in [3.8, 4) is 17.4 Å². The van der Waals surface area contributed by atoms with E-state index in [-0.39, 0.29) is 11.9 Å². The van der Waals surface area contributed by atoms with Crippen molar-refractivity contribution in [2.75, 3.05) is 6.61 Å². The lowest BCUT2D eigenvalue weighted by atomic mass is 10.2. The summed E-state index contributed by atoms with van der Waals surface area (Å²) in [5, 5.41) is 20.3. The average Bonchev–Trinajstić information content (AvgIpc) is 2.61. The molecule has 0 saturated heterocycles. The summed E-state index contributed by atoms with van der Waals surface area (Å²) in [7, 11) is 0. The van der Waals surface area contributed by atoms with E-state index in [2.05, 4.69) is 9.97 Å². The molecule has 1 atom stereocenters. The Balaban J connectivity index is 2.30. The molecule has 0 amide bonds. The number of nitro groups is 1. The van der Waals surface area contributed by atoms with Gasteiger partial charge >= 0.3 is 11.2 Å². The number of nitrogens with zero attached hydrogens (tertiary/aromatic N) is 2. The van der Waals surface area contributed by atoms with Crippen LogP contribution in [0.1, 0.15) is 38.6 Å². The standard InChI is InChI=1S/C18H21N3O6/c1-4-11(3)27-13-8-6-12(10-14(13)26-5-2)7-9-15-19-17(22)16(21(24)25)18(23)20-15/h6-11H,4-5H2,1-3H3,(H2,19,20,22,23)/b9-7-. The second kappa shape index (κ2) is 8.84. The molecule has 0 aliphatic heterocycles. The molecule has 0 saturated carbocycles. The summed E-state index contributed by atoms with van der Waals surface area (Å²) in [4.78, 5) is 27.2. The lowest BCUT2D eigenvalue weighted by molar-refractivity contribution is -0.387. The van der Waals surface area contributed by atoms with E-state index < -0.39 is 22.0 Å². The number of nitrogens with one attached hydrogen (secondary N) is 1. The molecular formula is C18H21N3O6. The molecule has 0 spiro atoms. The van der Waals surface area contributed by atoms with E-state index in [4.69, 9.17) is 9.47 Å². The third-order valence-electron chi connectivity index (χ3n) is 3.68. The molecule has 9 nitrogen and oxygen atoms in total. The monoisotopic (exact) mass is 375 g/mol. The van der Waals surface area contributed by atoms with E-state index in [1.807, 2.05) is 20.8 Å². The van der Waals surface area contributed by atoms with Crippen LogP contribution in [0.3, 0.4) is 0 Å². The van der Waals surface area contributed by atoms with Crippen molar-refractivity contribution in [3.63, 3.8) is 0 Å². The minimum absolute atomic E-state index is 0.0130. The third-order valence-corrected chi connectivity index (χ3v) is 3.68. The van der Waals surface area contributed by atoms with E-state index in [0.717, 1.165) is 12.0 Å². The summed E-state index contributed by atoms with van der Waals surface area (Å²) >= 11 is 0. The van der Waals surface area contributed by atoms with Gasteiger partial charge in [-0.05, 0) is 44.0 Å². The second-order valence-corrected chi connectivity index (χ2v) is 5.69. The highest BCUT2D eigenvalue weighted by molar-refractivity contribution is 5.68. The van der Waals surface area contributed by atoms with Gasteiger partial charge in [0.2, 0.25) is 0 Å². The Kier molecular flexibility index (Phi) is 6.53. The van der Waals surface area contributed by atoms with Crippen LogP contribution in [-0.2, 0) is 0 Å². The van der Waals surface area contributed by atoms with Crippen LogP contribution < -0.4 is 15.0 Å². The summed E-state index contributed by atoms with van der Waals surface area (Å²) in [6, 6.07) is 5.33. The molecule has 1 aromatic carbocycles. The second-order valence-electron chi connectivity index (χ2n) is 5.69. The molecule has 0 bridgehead atoms. The van der Waals surface area contributed by atoms with Gasteiger partial charge < -0.3 is 19.6 Å². The van der Waals surface area contributed by atoms with Crippen LogP contribution in [0.4, 0.5) is 5.69 Å². The molecule has 0 aliphatic rings. The Morgan fingerprint density at radius 1 is 1.33 bits per heavy atom. The highest BCUT2D eigenvalue weighted by atomic mass is 16.6. The topological polar surface area (TPSA) is 128 Å². The van der Waals surface area contributed by atoms with E-state index >= 15 is 0 Å². The van der Waals surface area contributed by atoms with Crippen LogP contribution in [-0.4, -0.2) is 32.7 Å². The largest absolute Gasteiger partial charge is 0.490 e. The smallest absolute Gasteiger partial charge is 0.395 e. The first-order valence-corrected chi connectivity index (χ1v) is 8.44. The predicted molar refractivity (Wildman–Crippen MR) is 100 cm³/mol. The summed E-state index contributed by atoms with van der Waals surface area (Å²) in [5.41, 5.74) is -1.28. The third kappa shape index (κ3) is 5.06. The minimum Gasteiger partial charge on any atom is -0.490 e. The normalized spacial score (nSPS) is 12.1. The van der Waals surface area contributed by atoms with E-state index in [0.29, 0.717) is 18.1 Å². The first kappa shape index (κ1) is 20.0. The van der Waals surface area contributed by atoms with Gasteiger partial charge in [-0.2, -0.15) is 4.98 Å². The van der Waals surface area contributed by atoms with Gasteiger partial charge in [0.1, 0.15) is 5.82 Å². The van der Waals surface area contributed by atoms with Crippen LogP contribution in [0.15, 0.2) is 23.0 Å². The van der Waals surface area contributed by atoms with Crippen LogP contribution in [0.25, 0.3) is 12.2 Å². The van der Waals surface area contributed by atoms with Crippen molar-refractivity contribution in [2.45, 2.75) is 33.3 Å². The molecule has 1 aromatic heterocycles. The number of rotatable bonds is 8. The molecule has 0 radical (unpaired) electrons. The molecule has 2 aromatic rings. The number of aromatic hydroxyl groups is 1. The first-order valence-electron chi connectivity index (χ1n) is 8.44. The van der Waals surface area contributed by atoms with Crippen LogP contribution in [0.5, 0.6) is 17.4 Å². The molecule has 144 valence electrons. The number of H-pyrrole nitrogens is 1. The number of ether oxygens (including phenoxy) is 2. The van der Waals surface area contributed by atoms with Crippen molar-refractivity contribution >= 4 is 17.8 Å². The average molecular weight is 375 g/mol. The number of benzene rings is 1. The molecular weight excluding hydrogens is 354 g/mol. The highest BCUT2D eigenvalue weighted by Gasteiger charge is 2.21. The Hall–Kier alpha value is -3.36. The fourth-order valence-corrected chi connectivity index (χ4v) is 2.18. The van der Waals surface area contributed by atoms with Gasteiger partial charge in [-0.3, -0.25) is 14.9 Å². The van der Waals surface area contributed by atoms with Gasteiger partial charge in [-0.1, -0.05) is 19.1 Å². The summed E-state index contributed by atoms with van der Waals surface area (Å²) < 4.78 is 11.4. The molecule has 2 N–H and O–H groups in total. The van der Waals surface area contributed by atoms with Crippen molar-refractivity contribution in [1.29, 1.82) is 0 Å². The molecule has 1 heterocycles. The number of aromatic nitrogens is 2. The highest BCUT2D eigenvalue weighted by Crippen LogP contribution is 2.30. The minimum atomic E-state index is -1.03. The molecule has 0 fully saturated rings. The molecule has 27 heavy (non-hydrogen) atoms. The zero-order valence-corrected chi connectivity index (χ0v) is 15.3. The fourth-order valence-electron chi connectivity index (χ4n) is 2.18. The lowest BCUT2D eigenvalue weighted by Gasteiger charge is -2.16. The van der Waals surface area contributed by atoms with Gasteiger partial charge in [-0.25, -0.2) is 0 Å². The van der Waals surface area contributed by atoms with Crippen LogP contribution in [0.2, 0.25) is 0 Å². The Morgan fingerprint density at radius 2 is 2.07 bits per heavy atom. The first-order chi connectivity index (χ1) is 12.8. The van der Waals surface area contributed by atoms with Crippen LogP contribution >= 0.6 is 0 Å². The van der Waals surface area contributed by atoms with Gasteiger partial charge in [0.15, 0.2) is 11.5 Å².